The van der Waals surface area contributed by atoms with Gasteiger partial charge in [-0.2, -0.15) is 0 Å². The fourth-order valence-corrected chi connectivity index (χ4v) is 5.06. The first-order valence-electron chi connectivity index (χ1n) is 13.0. The first-order chi connectivity index (χ1) is 17.6. The average Bonchev–Trinajstić information content (AvgIpc) is 3.60. The summed E-state index contributed by atoms with van der Waals surface area (Å²) in [7, 11) is 0. The third kappa shape index (κ3) is 5.27. The summed E-state index contributed by atoms with van der Waals surface area (Å²) < 4.78 is 1.95. The summed E-state index contributed by atoms with van der Waals surface area (Å²) in [4.78, 5) is 17.8. The lowest BCUT2D eigenvalue weighted by Gasteiger charge is -2.19. The van der Waals surface area contributed by atoms with E-state index in [4.69, 9.17) is 4.98 Å². The molecule has 5 rings (SSSR count). The van der Waals surface area contributed by atoms with Gasteiger partial charge in [-0.05, 0) is 46.4 Å². The van der Waals surface area contributed by atoms with E-state index in [0.717, 1.165) is 47.3 Å². The van der Waals surface area contributed by atoms with Crippen molar-refractivity contribution in [2.45, 2.75) is 71.3 Å². The van der Waals surface area contributed by atoms with Gasteiger partial charge < -0.3 is 0 Å². The van der Waals surface area contributed by atoms with E-state index in [9.17, 15) is 4.79 Å². The summed E-state index contributed by atoms with van der Waals surface area (Å²) in [6.07, 6.45) is 8.17. The predicted molar refractivity (Wildman–Crippen MR) is 138 cm³/mol. The van der Waals surface area contributed by atoms with Crippen molar-refractivity contribution in [3.8, 4) is 22.5 Å². The number of benzene rings is 2. The molecule has 1 aliphatic rings. The van der Waals surface area contributed by atoms with Crippen LogP contribution in [0.5, 0.6) is 0 Å². The van der Waals surface area contributed by atoms with Crippen LogP contribution in [-0.4, -0.2) is 41.2 Å². The van der Waals surface area contributed by atoms with Gasteiger partial charge in [-0.3, -0.25) is 4.79 Å². The van der Waals surface area contributed by atoms with E-state index in [1.165, 1.54) is 19.3 Å². The number of tetrazole rings is 1. The summed E-state index contributed by atoms with van der Waals surface area (Å²) in [6, 6.07) is 16.7. The first-order valence-corrected chi connectivity index (χ1v) is 13.0. The quantitative estimate of drug-likeness (QED) is 0.300. The molecule has 36 heavy (non-hydrogen) atoms. The van der Waals surface area contributed by atoms with Crippen molar-refractivity contribution in [3.05, 3.63) is 65.7 Å². The van der Waals surface area contributed by atoms with Crippen LogP contribution >= 0.6 is 0 Å². The molecule has 186 valence electrons. The SMILES string of the molecule is CCC(C)n1nc(C(=O)CC2CCCCC2)nc1Cc1ccc(-c2ccccc2-c2nnn[nH]2)cc1. The number of nitrogens with zero attached hydrogens (tertiary/aromatic N) is 6. The Morgan fingerprint density at radius 2 is 1.81 bits per heavy atom. The molecular formula is C28H33N7O. The number of hydrogen-bond donors (Lipinski definition) is 1. The molecule has 0 aliphatic heterocycles. The Bertz CT molecular complexity index is 1290. The zero-order valence-electron chi connectivity index (χ0n) is 21.0. The van der Waals surface area contributed by atoms with Crippen LogP contribution in [0.4, 0.5) is 0 Å². The number of carbonyl (C=O) groups excluding carboxylic acids is 1. The van der Waals surface area contributed by atoms with E-state index >= 15 is 0 Å². The molecule has 1 fully saturated rings. The van der Waals surface area contributed by atoms with Crippen molar-refractivity contribution in [2.24, 2.45) is 5.92 Å². The van der Waals surface area contributed by atoms with Gasteiger partial charge in [0.25, 0.3) is 0 Å². The van der Waals surface area contributed by atoms with Crippen molar-refractivity contribution >= 4 is 5.78 Å². The first kappa shape index (κ1) is 24.0. The fourth-order valence-electron chi connectivity index (χ4n) is 5.06. The third-order valence-corrected chi connectivity index (χ3v) is 7.31. The Hall–Kier alpha value is -3.68. The van der Waals surface area contributed by atoms with Crippen molar-refractivity contribution in [3.63, 3.8) is 0 Å². The molecule has 1 atom stereocenters. The number of carbonyl (C=O) groups is 1. The molecule has 0 radical (unpaired) electrons. The number of aromatic amines is 1. The molecular weight excluding hydrogens is 450 g/mol. The van der Waals surface area contributed by atoms with E-state index < -0.39 is 0 Å². The van der Waals surface area contributed by atoms with Gasteiger partial charge in [0.05, 0.1) is 6.04 Å². The molecule has 0 amide bonds. The normalized spacial score (nSPS) is 15.2. The van der Waals surface area contributed by atoms with Crippen LogP contribution in [-0.2, 0) is 6.42 Å². The minimum absolute atomic E-state index is 0.0825. The van der Waals surface area contributed by atoms with Crippen molar-refractivity contribution in [1.29, 1.82) is 0 Å². The minimum Gasteiger partial charge on any atom is -0.291 e. The lowest BCUT2D eigenvalue weighted by Crippen LogP contribution is -2.14. The van der Waals surface area contributed by atoms with Gasteiger partial charge in [0.2, 0.25) is 11.6 Å². The maximum absolute atomic E-state index is 13.0. The highest BCUT2D eigenvalue weighted by molar-refractivity contribution is 5.92. The number of ketones is 1. The second kappa shape index (κ2) is 10.9. The number of rotatable bonds is 9. The lowest BCUT2D eigenvalue weighted by atomic mass is 9.86. The smallest absolute Gasteiger partial charge is 0.217 e. The van der Waals surface area contributed by atoms with Crippen LogP contribution in [0, 0.1) is 5.92 Å². The van der Waals surface area contributed by atoms with E-state index in [2.05, 4.69) is 69.9 Å². The van der Waals surface area contributed by atoms with Gasteiger partial charge in [-0.1, -0.05) is 87.6 Å². The standard InChI is InChI=1S/C28H33N7O/c1-3-19(2)35-26(29-28(32-35)25(36)17-20-9-5-4-6-10-20)18-21-13-15-22(16-14-21)23-11-7-8-12-24(23)27-30-33-34-31-27/h7-8,11-16,19-20H,3-6,9-10,17-18H2,1-2H3,(H,30,31,33,34). The molecule has 0 saturated heterocycles. The Balaban J connectivity index is 1.36. The van der Waals surface area contributed by atoms with Crippen LogP contribution in [0.1, 0.15) is 86.8 Å². The van der Waals surface area contributed by atoms with Crippen LogP contribution in [0.25, 0.3) is 22.5 Å². The van der Waals surface area contributed by atoms with E-state index in [1.807, 2.05) is 22.9 Å². The van der Waals surface area contributed by atoms with Crippen LogP contribution in [0.3, 0.4) is 0 Å². The molecule has 2 aromatic carbocycles. The molecule has 1 aliphatic carbocycles. The lowest BCUT2D eigenvalue weighted by molar-refractivity contribution is 0.0939. The maximum atomic E-state index is 13.0. The molecule has 1 N–H and O–H groups in total. The van der Waals surface area contributed by atoms with Gasteiger partial charge in [-0.25, -0.2) is 14.8 Å². The molecule has 4 aromatic rings. The van der Waals surface area contributed by atoms with Crippen LogP contribution in [0.2, 0.25) is 0 Å². The highest BCUT2D eigenvalue weighted by Crippen LogP contribution is 2.30. The summed E-state index contributed by atoms with van der Waals surface area (Å²) in [5.41, 5.74) is 4.21. The zero-order chi connectivity index (χ0) is 24.9. The van der Waals surface area contributed by atoms with Gasteiger partial charge >= 0.3 is 0 Å². The molecule has 1 unspecified atom stereocenters. The molecule has 0 spiro atoms. The van der Waals surface area contributed by atoms with Gasteiger partial charge in [-0.15, -0.1) is 10.2 Å². The topological polar surface area (TPSA) is 102 Å². The Labute approximate surface area is 211 Å². The summed E-state index contributed by atoms with van der Waals surface area (Å²) >= 11 is 0. The van der Waals surface area contributed by atoms with Gasteiger partial charge in [0.15, 0.2) is 5.82 Å². The molecule has 2 heterocycles. The molecule has 8 nitrogen and oxygen atoms in total. The third-order valence-electron chi connectivity index (χ3n) is 7.31. The molecule has 0 bridgehead atoms. The van der Waals surface area contributed by atoms with Crippen molar-refractivity contribution in [1.82, 2.24) is 35.4 Å². The zero-order valence-corrected chi connectivity index (χ0v) is 21.0. The monoisotopic (exact) mass is 483 g/mol. The van der Waals surface area contributed by atoms with Crippen LogP contribution < -0.4 is 0 Å². The van der Waals surface area contributed by atoms with E-state index in [-0.39, 0.29) is 11.8 Å². The second-order valence-electron chi connectivity index (χ2n) is 9.85. The van der Waals surface area contributed by atoms with Gasteiger partial charge in [0, 0.05) is 18.4 Å². The summed E-state index contributed by atoms with van der Waals surface area (Å²) in [5.74, 6) is 2.42. The molecule has 8 heteroatoms. The molecule has 1 saturated carbocycles. The highest BCUT2D eigenvalue weighted by atomic mass is 16.1. The average molecular weight is 484 g/mol. The summed E-state index contributed by atoms with van der Waals surface area (Å²) in [6.45, 7) is 4.27. The molecule has 2 aromatic heterocycles. The number of Topliss-reactive ketones (excluding diaryl/α,β-unsaturated/α-hetero) is 1. The number of aromatic nitrogens is 7. The Morgan fingerprint density at radius 3 is 2.50 bits per heavy atom. The van der Waals surface area contributed by atoms with Gasteiger partial charge in [0.1, 0.15) is 5.82 Å². The summed E-state index contributed by atoms with van der Waals surface area (Å²) in [5, 5.41) is 19.0. The van der Waals surface area contributed by atoms with Crippen molar-refractivity contribution < 1.29 is 4.79 Å². The van der Waals surface area contributed by atoms with Crippen molar-refractivity contribution in [2.75, 3.05) is 0 Å². The second-order valence-corrected chi connectivity index (χ2v) is 9.85. The number of nitrogens with one attached hydrogen (secondary N) is 1. The fraction of sp³-hybridized carbons (Fsp3) is 0.429. The Morgan fingerprint density at radius 1 is 1.06 bits per heavy atom. The van der Waals surface area contributed by atoms with E-state index in [0.29, 0.717) is 30.4 Å². The number of H-pyrrole nitrogens is 1. The predicted octanol–water partition coefficient (Wildman–Crippen LogP) is 5.84. The minimum atomic E-state index is 0.0825. The number of hydrogen-bond acceptors (Lipinski definition) is 6. The largest absolute Gasteiger partial charge is 0.291 e. The maximum Gasteiger partial charge on any atom is 0.217 e. The van der Waals surface area contributed by atoms with Crippen LogP contribution in [0.15, 0.2) is 48.5 Å². The van der Waals surface area contributed by atoms with E-state index in [1.54, 1.807) is 0 Å². The Kier molecular flexibility index (Phi) is 7.30. The highest BCUT2D eigenvalue weighted by Gasteiger charge is 2.23.